The average Bonchev–Trinajstić information content (AvgIpc) is 3.26. The Kier molecular flexibility index (Phi) is 7.21. The summed E-state index contributed by atoms with van der Waals surface area (Å²) in [6.45, 7) is 6.79. The Morgan fingerprint density at radius 3 is 2.28 bits per heavy atom. The molecule has 3 atom stereocenters. The van der Waals surface area contributed by atoms with Gasteiger partial charge in [0.15, 0.2) is 0 Å². The van der Waals surface area contributed by atoms with Crippen LogP contribution in [0.25, 0.3) is 11.1 Å². The number of cyclic esters (lactones) is 1. The van der Waals surface area contributed by atoms with Crippen LogP contribution >= 0.6 is 0 Å². The van der Waals surface area contributed by atoms with Crippen LogP contribution in [0.4, 0.5) is 4.79 Å². The van der Waals surface area contributed by atoms with Crippen LogP contribution in [0.2, 0.25) is 0 Å². The Bertz CT molecular complexity index is 1320. The number of benzene rings is 2. The molecule has 1 aromatic heterocycles. The molecule has 3 heterocycles. The van der Waals surface area contributed by atoms with Crippen molar-refractivity contribution >= 4 is 12.0 Å². The molecule has 39 heavy (non-hydrogen) atoms. The molecule has 0 saturated carbocycles. The van der Waals surface area contributed by atoms with E-state index in [1.807, 2.05) is 86.9 Å². The Morgan fingerprint density at radius 1 is 1.03 bits per heavy atom. The van der Waals surface area contributed by atoms with Crippen LogP contribution < -0.4 is 0 Å². The zero-order valence-corrected chi connectivity index (χ0v) is 23.1. The van der Waals surface area contributed by atoms with Crippen LogP contribution in [0.5, 0.6) is 0 Å². The number of aliphatic hydroxyl groups is 1. The second kappa shape index (κ2) is 10.5. The predicted molar refractivity (Wildman–Crippen MR) is 150 cm³/mol. The molecule has 2 aliphatic rings. The van der Waals surface area contributed by atoms with E-state index in [2.05, 4.69) is 4.98 Å². The number of likely N-dealkylation sites (N-methyl/N-ethyl adjacent to an activating group) is 1. The highest BCUT2D eigenvalue weighted by Gasteiger charge is 2.46. The van der Waals surface area contributed by atoms with Crippen LogP contribution in [-0.4, -0.2) is 57.6 Å². The number of carbonyl (C=O) groups excluding carboxylic acids is 2. The molecular formula is C32H37N3O4. The predicted octanol–water partition coefficient (Wildman–Crippen LogP) is 5.65. The van der Waals surface area contributed by atoms with E-state index in [1.54, 1.807) is 23.6 Å². The molecule has 0 radical (unpaired) electrons. The Hall–Kier alpha value is -3.71. The van der Waals surface area contributed by atoms with Gasteiger partial charge in [0.2, 0.25) is 5.91 Å². The highest BCUT2D eigenvalue weighted by molar-refractivity contribution is 5.85. The van der Waals surface area contributed by atoms with Crippen molar-refractivity contribution in [3.05, 3.63) is 89.7 Å². The van der Waals surface area contributed by atoms with Gasteiger partial charge in [-0.3, -0.25) is 9.78 Å². The van der Waals surface area contributed by atoms with E-state index in [0.29, 0.717) is 19.4 Å². The second-order valence-electron chi connectivity index (χ2n) is 11.5. The number of ether oxygens (including phenoxy) is 1. The van der Waals surface area contributed by atoms with Gasteiger partial charge in [-0.05, 0) is 49.9 Å². The number of amides is 2. The zero-order valence-electron chi connectivity index (χ0n) is 23.1. The smallest absolute Gasteiger partial charge is 0.411 e. The summed E-state index contributed by atoms with van der Waals surface area (Å²) in [6, 6.07) is 21.7. The Balaban J connectivity index is 1.29. The van der Waals surface area contributed by atoms with Gasteiger partial charge in [0, 0.05) is 44.7 Å². The first kappa shape index (κ1) is 26.9. The third-order valence-corrected chi connectivity index (χ3v) is 8.06. The molecule has 2 fully saturated rings. The van der Waals surface area contributed by atoms with Gasteiger partial charge < -0.3 is 19.6 Å². The van der Waals surface area contributed by atoms with E-state index < -0.39 is 11.2 Å². The van der Waals surface area contributed by atoms with E-state index >= 15 is 0 Å². The summed E-state index contributed by atoms with van der Waals surface area (Å²) in [4.78, 5) is 33.8. The standard InChI is InChI=1S/C32H37N3O4/c1-22(35-19-17-32(39-30(35)37,21-31(2,3)38)26-8-6-5-7-9-26)23-10-12-24(13-11-23)25-14-15-28(33-20-25)27-16-18-34(4)29(27)36/h5-15,20,22,27,38H,16-19,21H2,1-4H3/t22-,27?,32?/m0/s1. The SMILES string of the molecule is C[C@@H](c1ccc(-c2ccc(C3CCN(C)C3=O)nc2)cc1)N1CCC(CC(C)(C)O)(c2ccccc2)OC1=O. The van der Waals surface area contributed by atoms with Crippen molar-refractivity contribution < 1.29 is 19.4 Å². The minimum atomic E-state index is -0.990. The van der Waals surface area contributed by atoms with Crippen molar-refractivity contribution in [2.24, 2.45) is 0 Å². The fourth-order valence-corrected chi connectivity index (χ4v) is 5.90. The van der Waals surface area contributed by atoms with Crippen LogP contribution in [0.1, 0.15) is 68.8 Å². The fraction of sp³-hybridized carbons (Fsp3) is 0.406. The summed E-state index contributed by atoms with van der Waals surface area (Å²) in [7, 11) is 1.83. The summed E-state index contributed by atoms with van der Waals surface area (Å²) in [5.74, 6) is -0.0217. The van der Waals surface area contributed by atoms with Crippen LogP contribution in [0.3, 0.4) is 0 Å². The second-order valence-corrected chi connectivity index (χ2v) is 11.5. The van der Waals surface area contributed by atoms with E-state index in [4.69, 9.17) is 4.74 Å². The minimum Gasteiger partial charge on any atom is -0.438 e. The summed E-state index contributed by atoms with van der Waals surface area (Å²) in [6.07, 6.45) is 3.17. The summed E-state index contributed by atoms with van der Waals surface area (Å²) in [5, 5.41) is 10.6. The number of rotatable bonds is 7. The third kappa shape index (κ3) is 5.55. The maximum Gasteiger partial charge on any atom is 0.411 e. The number of hydrogen-bond acceptors (Lipinski definition) is 5. The molecule has 7 heteroatoms. The van der Waals surface area contributed by atoms with Crippen molar-refractivity contribution in [3.8, 4) is 11.1 Å². The van der Waals surface area contributed by atoms with E-state index in [1.165, 1.54) is 0 Å². The number of pyridine rings is 1. The molecule has 3 aromatic rings. The third-order valence-electron chi connectivity index (χ3n) is 8.06. The van der Waals surface area contributed by atoms with Gasteiger partial charge in [0.1, 0.15) is 5.60 Å². The molecule has 2 aromatic carbocycles. The molecule has 2 aliphatic heterocycles. The molecule has 2 saturated heterocycles. The van der Waals surface area contributed by atoms with E-state index in [9.17, 15) is 14.7 Å². The van der Waals surface area contributed by atoms with Gasteiger partial charge in [-0.2, -0.15) is 0 Å². The van der Waals surface area contributed by atoms with Crippen molar-refractivity contribution in [2.45, 2.75) is 63.2 Å². The number of nitrogens with zero attached hydrogens (tertiary/aromatic N) is 3. The lowest BCUT2D eigenvalue weighted by molar-refractivity contribution is -0.127. The maximum atomic E-state index is 13.3. The monoisotopic (exact) mass is 527 g/mol. The van der Waals surface area contributed by atoms with Gasteiger partial charge in [-0.15, -0.1) is 0 Å². The number of carbonyl (C=O) groups is 2. The number of hydrogen-bond donors (Lipinski definition) is 1. The normalized spacial score (nSPS) is 22.6. The highest BCUT2D eigenvalue weighted by Crippen LogP contribution is 2.42. The van der Waals surface area contributed by atoms with Crippen molar-refractivity contribution in [1.29, 1.82) is 0 Å². The fourth-order valence-electron chi connectivity index (χ4n) is 5.90. The van der Waals surface area contributed by atoms with Gasteiger partial charge in [-0.25, -0.2) is 4.79 Å². The number of aromatic nitrogens is 1. The van der Waals surface area contributed by atoms with Crippen molar-refractivity contribution in [2.75, 3.05) is 20.1 Å². The first-order chi connectivity index (χ1) is 18.6. The van der Waals surface area contributed by atoms with Crippen LogP contribution in [0, 0.1) is 0 Å². The lowest BCUT2D eigenvalue weighted by Gasteiger charge is -2.45. The van der Waals surface area contributed by atoms with Crippen molar-refractivity contribution in [3.63, 3.8) is 0 Å². The van der Waals surface area contributed by atoms with Gasteiger partial charge in [-0.1, -0.05) is 60.7 Å². The van der Waals surface area contributed by atoms with Crippen LogP contribution in [0.15, 0.2) is 72.9 Å². The zero-order chi connectivity index (χ0) is 27.8. The first-order valence-electron chi connectivity index (χ1n) is 13.7. The molecule has 0 bridgehead atoms. The quantitative estimate of drug-likeness (QED) is 0.429. The molecule has 0 aliphatic carbocycles. The average molecular weight is 528 g/mol. The highest BCUT2D eigenvalue weighted by atomic mass is 16.6. The summed E-state index contributed by atoms with van der Waals surface area (Å²) < 4.78 is 6.14. The Morgan fingerprint density at radius 2 is 1.72 bits per heavy atom. The molecule has 1 N–H and O–H groups in total. The maximum absolute atomic E-state index is 13.3. The molecular weight excluding hydrogens is 490 g/mol. The lowest BCUT2D eigenvalue weighted by Crippen LogP contribution is -2.51. The molecule has 5 rings (SSSR count). The molecule has 0 spiro atoms. The molecule has 7 nitrogen and oxygen atoms in total. The molecule has 204 valence electrons. The summed E-state index contributed by atoms with van der Waals surface area (Å²) in [5.41, 5.74) is 2.88. The van der Waals surface area contributed by atoms with Gasteiger partial charge in [0.05, 0.1) is 23.3 Å². The van der Waals surface area contributed by atoms with E-state index in [0.717, 1.165) is 40.9 Å². The Labute approximate surface area is 230 Å². The van der Waals surface area contributed by atoms with Gasteiger partial charge >= 0.3 is 6.09 Å². The topological polar surface area (TPSA) is 83.0 Å². The lowest BCUT2D eigenvalue weighted by atomic mass is 9.80. The number of likely N-dealkylation sites (tertiary alicyclic amines) is 1. The minimum absolute atomic E-state index is 0.130. The van der Waals surface area contributed by atoms with Crippen molar-refractivity contribution in [1.82, 2.24) is 14.8 Å². The molecule has 2 unspecified atom stereocenters. The van der Waals surface area contributed by atoms with Crippen LogP contribution in [-0.2, 0) is 15.1 Å². The summed E-state index contributed by atoms with van der Waals surface area (Å²) >= 11 is 0. The first-order valence-corrected chi connectivity index (χ1v) is 13.7. The van der Waals surface area contributed by atoms with Gasteiger partial charge in [0.25, 0.3) is 0 Å². The van der Waals surface area contributed by atoms with E-state index in [-0.39, 0.29) is 24.0 Å². The largest absolute Gasteiger partial charge is 0.438 e. The molecule has 2 amide bonds.